The highest BCUT2D eigenvalue weighted by Crippen LogP contribution is 2.20. The molecule has 0 amide bonds. The lowest BCUT2D eigenvalue weighted by Crippen LogP contribution is -2.47. The zero-order valence-corrected chi connectivity index (χ0v) is 15.1. The zero-order chi connectivity index (χ0) is 18.1. The van der Waals surface area contributed by atoms with Gasteiger partial charge in [0.1, 0.15) is 11.6 Å². The van der Waals surface area contributed by atoms with Gasteiger partial charge in [0.2, 0.25) is 5.95 Å². The van der Waals surface area contributed by atoms with E-state index in [0.717, 1.165) is 75.7 Å². The van der Waals surface area contributed by atoms with Gasteiger partial charge in [0.25, 0.3) is 0 Å². The van der Waals surface area contributed by atoms with Crippen LogP contribution in [0.25, 0.3) is 5.65 Å². The predicted octanol–water partition coefficient (Wildman–Crippen LogP) is 0.682. The molecule has 0 aromatic carbocycles. The minimum Gasteiger partial charge on any atom is -0.378 e. The van der Waals surface area contributed by atoms with E-state index in [4.69, 9.17) is 14.7 Å². The normalized spacial score (nSPS) is 18.3. The van der Waals surface area contributed by atoms with E-state index >= 15 is 0 Å². The number of nitrogens with zero attached hydrogens (tertiary/aromatic N) is 8. The molecular formula is C18H22N8O. The number of aromatic nitrogens is 5. The fraction of sp³-hybridized carbons (Fsp3) is 0.444. The summed E-state index contributed by atoms with van der Waals surface area (Å²) in [5.41, 5.74) is 0.872. The van der Waals surface area contributed by atoms with Gasteiger partial charge in [-0.2, -0.15) is 10.1 Å². The number of ether oxygens (including phenoxy) is 1. The molecule has 0 atom stereocenters. The molecule has 3 aromatic rings. The van der Waals surface area contributed by atoms with Crippen LogP contribution < -0.4 is 14.7 Å². The second kappa shape index (κ2) is 6.99. The van der Waals surface area contributed by atoms with Crippen LogP contribution in [0.2, 0.25) is 0 Å². The molecule has 0 radical (unpaired) electrons. The van der Waals surface area contributed by atoms with Crippen LogP contribution in [-0.2, 0) is 4.74 Å². The number of rotatable bonds is 3. The van der Waals surface area contributed by atoms with Gasteiger partial charge in [-0.1, -0.05) is 0 Å². The van der Waals surface area contributed by atoms with Gasteiger partial charge in [0.05, 0.1) is 19.4 Å². The van der Waals surface area contributed by atoms with E-state index in [2.05, 4.69) is 24.8 Å². The maximum Gasteiger partial charge on any atom is 0.227 e. The van der Waals surface area contributed by atoms with Gasteiger partial charge in [0, 0.05) is 57.7 Å². The summed E-state index contributed by atoms with van der Waals surface area (Å²) >= 11 is 0. The third kappa shape index (κ3) is 3.25. The zero-order valence-electron chi connectivity index (χ0n) is 15.1. The van der Waals surface area contributed by atoms with Gasteiger partial charge in [0.15, 0.2) is 5.65 Å². The molecule has 9 heteroatoms. The SMILES string of the molecule is c1cc(N2CCOCC2)nc(N2CCN(c3ccn4nccc4n3)CC2)n1. The van der Waals surface area contributed by atoms with Crippen molar-refractivity contribution in [2.24, 2.45) is 0 Å². The molecule has 2 aliphatic rings. The van der Waals surface area contributed by atoms with Crippen molar-refractivity contribution in [3.05, 3.63) is 36.8 Å². The molecule has 5 rings (SSSR count). The molecule has 0 spiro atoms. The van der Waals surface area contributed by atoms with Gasteiger partial charge in [-0.25, -0.2) is 14.5 Å². The molecule has 140 valence electrons. The Morgan fingerprint density at radius 3 is 2.33 bits per heavy atom. The van der Waals surface area contributed by atoms with Crippen molar-refractivity contribution in [1.29, 1.82) is 0 Å². The molecule has 2 fully saturated rings. The summed E-state index contributed by atoms with van der Waals surface area (Å²) in [5.74, 6) is 2.78. The Hall–Kier alpha value is -2.94. The number of anilines is 3. The van der Waals surface area contributed by atoms with Crippen molar-refractivity contribution >= 4 is 23.2 Å². The third-order valence-corrected chi connectivity index (χ3v) is 5.09. The van der Waals surface area contributed by atoms with E-state index in [9.17, 15) is 0 Å². The van der Waals surface area contributed by atoms with Crippen LogP contribution >= 0.6 is 0 Å². The first-order valence-electron chi connectivity index (χ1n) is 9.33. The van der Waals surface area contributed by atoms with Crippen LogP contribution in [0.3, 0.4) is 0 Å². The topological polar surface area (TPSA) is 74.9 Å². The highest BCUT2D eigenvalue weighted by Gasteiger charge is 2.21. The van der Waals surface area contributed by atoms with Crippen LogP contribution in [-0.4, -0.2) is 77.0 Å². The summed E-state index contributed by atoms with van der Waals surface area (Å²) in [7, 11) is 0. The number of piperazine rings is 1. The van der Waals surface area contributed by atoms with Crippen molar-refractivity contribution in [2.75, 3.05) is 67.2 Å². The molecule has 0 aliphatic carbocycles. The van der Waals surface area contributed by atoms with Crippen LogP contribution in [0.15, 0.2) is 36.8 Å². The molecule has 0 saturated carbocycles. The highest BCUT2D eigenvalue weighted by atomic mass is 16.5. The van der Waals surface area contributed by atoms with Gasteiger partial charge in [-0.15, -0.1) is 0 Å². The standard InChI is InChI=1S/C18H22N8O/c1-4-19-18(22-15(1)24-11-13-27-14-12-24)25-9-7-23(8-10-25)16-3-6-26-17(21-16)2-5-20-26/h1-6H,7-14H2. The van der Waals surface area contributed by atoms with Crippen LogP contribution in [0, 0.1) is 0 Å². The van der Waals surface area contributed by atoms with E-state index in [-0.39, 0.29) is 0 Å². The Balaban J connectivity index is 1.27. The summed E-state index contributed by atoms with van der Waals surface area (Å²) in [5, 5.41) is 4.20. The number of morpholine rings is 1. The third-order valence-electron chi connectivity index (χ3n) is 5.09. The molecule has 2 saturated heterocycles. The quantitative estimate of drug-likeness (QED) is 0.670. The Kier molecular flexibility index (Phi) is 4.21. The lowest BCUT2D eigenvalue weighted by molar-refractivity contribution is 0.122. The average Bonchev–Trinajstić information content (AvgIpc) is 3.22. The Bertz CT molecular complexity index is 914. The maximum atomic E-state index is 5.43. The molecule has 5 heterocycles. The largest absolute Gasteiger partial charge is 0.378 e. The molecule has 2 aliphatic heterocycles. The van der Waals surface area contributed by atoms with Crippen LogP contribution in [0.5, 0.6) is 0 Å². The molecule has 9 nitrogen and oxygen atoms in total. The summed E-state index contributed by atoms with van der Waals surface area (Å²) in [6.07, 6.45) is 5.58. The number of hydrogen-bond acceptors (Lipinski definition) is 8. The molecule has 0 unspecified atom stereocenters. The first kappa shape index (κ1) is 16.2. The van der Waals surface area contributed by atoms with Crippen LogP contribution in [0.1, 0.15) is 0 Å². The van der Waals surface area contributed by atoms with E-state index in [0.29, 0.717) is 0 Å². The molecular weight excluding hydrogens is 344 g/mol. The Morgan fingerprint density at radius 2 is 1.48 bits per heavy atom. The lowest BCUT2D eigenvalue weighted by Gasteiger charge is -2.36. The van der Waals surface area contributed by atoms with Crippen molar-refractivity contribution in [3.63, 3.8) is 0 Å². The predicted molar refractivity (Wildman–Crippen MR) is 102 cm³/mol. The summed E-state index contributed by atoms with van der Waals surface area (Å²) in [4.78, 5) is 20.8. The van der Waals surface area contributed by atoms with Crippen molar-refractivity contribution in [2.45, 2.75) is 0 Å². The molecule has 3 aromatic heterocycles. The van der Waals surface area contributed by atoms with Gasteiger partial charge in [-0.3, -0.25) is 0 Å². The minimum absolute atomic E-state index is 0.756. The first-order chi connectivity index (χ1) is 13.4. The van der Waals surface area contributed by atoms with Crippen molar-refractivity contribution < 1.29 is 4.74 Å². The fourth-order valence-corrected chi connectivity index (χ4v) is 3.57. The summed E-state index contributed by atoms with van der Waals surface area (Å²) in [6, 6.07) is 5.92. The van der Waals surface area contributed by atoms with Crippen LogP contribution in [0.4, 0.5) is 17.6 Å². The monoisotopic (exact) mass is 366 g/mol. The van der Waals surface area contributed by atoms with E-state index in [1.165, 1.54) is 0 Å². The fourth-order valence-electron chi connectivity index (χ4n) is 3.57. The van der Waals surface area contributed by atoms with E-state index in [1.807, 2.05) is 30.6 Å². The summed E-state index contributed by atoms with van der Waals surface area (Å²) in [6.45, 7) is 6.81. The molecule has 0 bridgehead atoms. The Labute approximate surface area is 157 Å². The van der Waals surface area contributed by atoms with E-state index < -0.39 is 0 Å². The first-order valence-corrected chi connectivity index (χ1v) is 9.33. The van der Waals surface area contributed by atoms with Gasteiger partial charge >= 0.3 is 0 Å². The minimum atomic E-state index is 0.756. The maximum absolute atomic E-state index is 5.43. The van der Waals surface area contributed by atoms with Crippen molar-refractivity contribution in [1.82, 2.24) is 24.6 Å². The second-order valence-electron chi connectivity index (χ2n) is 6.71. The molecule has 27 heavy (non-hydrogen) atoms. The number of hydrogen-bond donors (Lipinski definition) is 0. The highest BCUT2D eigenvalue weighted by molar-refractivity contribution is 5.49. The molecule has 0 N–H and O–H groups in total. The lowest BCUT2D eigenvalue weighted by atomic mass is 10.3. The Morgan fingerprint density at radius 1 is 0.741 bits per heavy atom. The average molecular weight is 366 g/mol. The van der Waals surface area contributed by atoms with E-state index in [1.54, 1.807) is 10.7 Å². The number of fused-ring (bicyclic) bond motifs is 1. The second-order valence-corrected chi connectivity index (χ2v) is 6.71. The van der Waals surface area contributed by atoms with Gasteiger partial charge in [-0.05, 0) is 12.1 Å². The smallest absolute Gasteiger partial charge is 0.227 e. The van der Waals surface area contributed by atoms with Crippen molar-refractivity contribution in [3.8, 4) is 0 Å². The van der Waals surface area contributed by atoms with Gasteiger partial charge < -0.3 is 19.4 Å². The summed E-state index contributed by atoms with van der Waals surface area (Å²) < 4.78 is 7.21.